The number of nitrogens with zero attached hydrogens (tertiary/aromatic N) is 3. The van der Waals surface area contributed by atoms with Crippen molar-refractivity contribution in [3.63, 3.8) is 0 Å². The highest BCUT2D eigenvalue weighted by molar-refractivity contribution is 5.84. The van der Waals surface area contributed by atoms with E-state index in [0.717, 1.165) is 35.2 Å². The number of fused-ring (bicyclic) bond motifs is 1. The molecule has 0 unspecified atom stereocenters. The largest absolute Gasteiger partial charge is 0.370 e. The number of hydrogen-bond acceptors (Lipinski definition) is 3. The second kappa shape index (κ2) is 9.11. The van der Waals surface area contributed by atoms with E-state index in [1.807, 2.05) is 37.2 Å². The average Bonchev–Trinajstić information content (AvgIpc) is 2.59. The third-order valence-electron chi connectivity index (χ3n) is 4.00. The van der Waals surface area contributed by atoms with Crippen LogP contribution in [-0.4, -0.2) is 31.6 Å². The first-order valence-corrected chi connectivity index (χ1v) is 8.71. The van der Waals surface area contributed by atoms with Gasteiger partial charge in [0.15, 0.2) is 5.96 Å². The van der Waals surface area contributed by atoms with E-state index in [9.17, 15) is 0 Å². The van der Waals surface area contributed by atoms with Crippen molar-refractivity contribution in [1.29, 1.82) is 0 Å². The molecule has 0 atom stereocenters. The lowest BCUT2D eigenvalue weighted by Crippen LogP contribution is -2.32. The van der Waals surface area contributed by atoms with Gasteiger partial charge in [-0.3, -0.25) is 0 Å². The van der Waals surface area contributed by atoms with E-state index in [0.29, 0.717) is 12.5 Å². The summed E-state index contributed by atoms with van der Waals surface area (Å²) >= 11 is 0. The van der Waals surface area contributed by atoms with Gasteiger partial charge in [-0.1, -0.05) is 44.4 Å². The first-order valence-electron chi connectivity index (χ1n) is 8.71. The number of aromatic nitrogens is 1. The number of para-hydroxylation sites is 1. The number of unbranched alkanes of at least 4 members (excludes halogenated alkanes) is 3. The van der Waals surface area contributed by atoms with Crippen LogP contribution in [0.15, 0.2) is 35.3 Å². The summed E-state index contributed by atoms with van der Waals surface area (Å²) < 4.78 is 0. The van der Waals surface area contributed by atoms with Gasteiger partial charge in [0.1, 0.15) is 5.82 Å². The highest BCUT2D eigenvalue weighted by Gasteiger charge is 2.06. The highest BCUT2D eigenvalue weighted by Crippen LogP contribution is 2.22. The maximum Gasteiger partial charge on any atom is 0.188 e. The fourth-order valence-corrected chi connectivity index (χ4v) is 2.59. The molecule has 0 amide bonds. The Morgan fingerprint density at radius 1 is 1.21 bits per heavy atom. The van der Waals surface area contributed by atoms with E-state index in [1.54, 1.807) is 0 Å². The number of aliphatic imine (C=N–C) groups is 1. The monoisotopic (exact) mass is 327 g/mol. The third kappa shape index (κ3) is 5.11. The molecule has 0 aliphatic carbocycles. The topological polar surface area (TPSA) is 66.5 Å². The summed E-state index contributed by atoms with van der Waals surface area (Å²) in [6.45, 7) is 3.65. The van der Waals surface area contributed by atoms with Crippen molar-refractivity contribution in [2.45, 2.75) is 39.2 Å². The van der Waals surface area contributed by atoms with Gasteiger partial charge in [0.25, 0.3) is 0 Å². The van der Waals surface area contributed by atoms with Crippen molar-refractivity contribution < 1.29 is 0 Å². The molecule has 5 nitrogen and oxygen atoms in total. The molecule has 0 fully saturated rings. The molecular formula is C19H29N5. The van der Waals surface area contributed by atoms with Crippen LogP contribution in [0.25, 0.3) is 10.9 Å². The van der Waals surface area contributed by atoms with Crippen molar-refractivity contribution in [3.8, 4) is 0 Å². The van der Waals surface area contributed by atoms with Crippen LogP contribution < -0.4 is 16.0 Å². The molecule has 0 radical (unpaired) electrons. The lowest BCUT2D eigenvalue weighted by Gasteiger charge is -2.14. The Labute approximate surface area is 145 Å². The molecule has 24 heavy (non-hydrogen) atoms. The van der Waals surface area contributed by atoms with E-state index in [2.05, 4.69) is 34.3 Å². The zero-order valence-electron chi connectivity index (χ0n) is 15.0. The van der Waals surface area contributed by atoms with Crippen LogP contribution >= 0.6 is 0 Å². The van der Waals surface area contributed by atoms with E-state index >= 15 is 0 Å². The first kappa shape index (κ1) is 18.0. The summed E-state index contributed by atoms with van der Waals surface area (Å²) in [5.41, 5.74) is 8.12. The Bertz CT molecular complexity index is 679. The molecule has 1 heterocycles. The van der Waals surface area contributed by atoms with Crippen LogP contribution in [0.1, 0.15) is 38.2 Å². The smallest absolute Gasteiger partial charge is 0.188 e. The Balaban J connectivity index is 2.06. The van der Waals surface area contributed by atoms with Crippen LogP contribution in [0.3, 0.4) is 0 Å². The number of nitrogens with one attached hydrogen (secondary N) is 1. The number of guanidine groups is 1. The van der Waals surface area contributed by atoms with Gasteiger partial charge in [-0.25, -0.2) is 9.98 Å². The molecule has 1 aromatic carbocycles. The van der Waals surface area contributed by atoms with Crippen LogP contribution in [-0.2, 0) is 6.54 Å². The minimum Gasteiger partial charge on any atom is -0.370 e. The molecule has 0 saturated carbocycles. The second-order valence-corrected chi connectivity index (χ2v) is 6.24. The Kier molecular flexibility index (Phi) is 6.85. The maximum atomic E-state index is 5.99. The standard InChI is InChI=1S/C19H29N5/c1-4-5-6-9-12-21-19(20)22-14-15-13-18(24(2)3)23-17-11-8-7-10-16(15)17/h7-8,10-11,13H,4-6,9,12,14H2,1-3H3,(H3,20,21,22). The van der Waals surface area contributed by atoms with Gasteiger partial charge in [0.05, 0.1) is 12.1 Å². The summed E-state index contributed by atoms with van der Waals surface area (Å²) in [6.07, 6.45) is 4.88. The second-order valence-electron chi connectivity index (χ2n) is 6.24. The first-order chi connectivity index (χ1) is 11.6. The Hall–Kier alpha value is -2.30. The van der Waals surface area contributed by atoms with Crippen molar-refractivity contribution in [3.05, 3.63) is 35.9 Å². The molecule has 3 N–H and O–H groups in total. The summed E-state index contributed by atoms with van der Waals surface area (Å²) in [5.74, 6) is 1.45. The average molecular weight is 327 g/mol. The fraction of sp³-hybridized carbons (Fsp3) is 0.474. The zero-order chi connectivity index (χ0) is 17.4. The molecule has 2 aromatic rings. The molecule has 0 bridgehead atoms. The number of nitrogens with two attached hydrogens (primary N) is 1. The van der Waals surface area contributed by atoms with Crippen molar-refractivity contribution in [1.82, 2.24) is 10.3 Å². The van der Waals surface area contributed by atoms with Crippen LogP contribution in [0.2, 0.25) is 0 Å². The quantitative estimate of drug-likeness (QED) is 0.443. The maximum absolute atomic E-state index is 5.99. The summed E-state index contributed by atoms with van der Waals surface area (Å²) in [6, 6.07) is 10.2. The third-order valence-corrected chi connectivity index (χ3v) is 4.00. The number of benzene rings is 1. The molecule has 5 heteroatoms. The summed E-state index contributed by atoms with van der Waals surface area (Å²) in [7, 11) is 3.99. The van der Waals surface area contributed by atoms with E-state index in [4.69, 9.17) is 5.73 Å². The molecular weight excluding hydrogens is 298 g/mol. The minimum absolute atomic E-state index is 0.513. The molecule has 0 aliphatic heterocycles. The van der Waals surface area contributed by atoms with Gasteiger partial charge in [0, 0.05) is 26.0 Å². The molecule has 0 spiro atoms. The number of rotatable bonds is 8. The zero-order valence-corrected chi connectivity index (χ0v) is 15.0. The molecule has 130 valence electrons. The lowest BCUT2D eigenvalue weighted by atomic mass is 10.1. The van der Waals surface area contributed by atoms with Crippen molar-refractivity contribution in [2.75, 3.05) is 25.5 Å². The predicted octanol–water partition coefficient (Wildman–Crippen LogP) is 3.29. The normalized spacial score (nSPS) is 11.7. The van der Waals surface area contributed by atoms with Crippen molar-refractivity contribution >= 4 is 22.7 Å². The molecule has 0 saturated heterocycles. The highest BCUT2D eigenvalue weighted by atomic mass is 15.1. The number of anilines is 1. The molecule has 2 rings (SSSR count). The van der Waals surface area contributed by atoms with E-state index < -0.39 is 0 Å². The number of pyridine rings is 1. The Morgan fingerprint density at radius 3 is 2.75 bits per heavy atom. The predicted molar refractivity (Wildman–Crippen MR) is 104 cm³/mol. The van der Waals surface area contributed by atoms with Crippen LogP contribution in [0, 0.1) is 0 Å². The molecule has 1 aromatic heterocycles. The van der Waals surface area contributed by atoms with Gasteiger partial charge in [-0.15, -0.1) is 0 Å². The van der Waals surface area contributed by atoms with Crippen LogP contribution in [0.4, 0.5) is 5.82 Å². The van der Waals surface area contributed by atoms with E-state index in [-0.39, 0.29) is 0 Å². The lowest BCUT2D eigenvalue weighted by molar-refractivity contribution is 0.652. The van der Waals surface area contributed by atoms with Gasteiger partial charge in [-0.2, -0.15) is 0 Å². The minimum atomic E-state index is 0.513. The van der Waals surface area contributed by atoms with Gasteiger partial charge in [-0.05, 0) is 24.1 Å². The van der Waals surface area contributed by atoms with Gasteiger partial charge < -0.3 is 16.0 Å². The van der Waals surface area contributed by atoms with Crippen molar-refractivity contribution in [2.24, 2.45) is 10.7 Å². The Morgan fingerprint density at radius 2 is 2.00 bits per heavy atom. The SMILES string of the molecule is CCCCCCNC(N)=NCc1cc(N(C)C)nc2ccccc12. The fourth-order valence-electron chi connectivity index (χ4n) is 2.59. The summed E-state index contributed by atoms with van der Waals surface area (Å²) in [4.78, 5) is 11.2. The number of hydrogen-bond donors (Lipinski definition) is 2. The molecule has 0 aliphatic rings. The summed E-state index contributed by atoms with van der Waals surface area (Å²) in [5, 5.41) is 4.33. The van der Waals surface area contributed by atoms with E-state index in [1.165, 1.54) is 19.3 Å². The van der Waals surface area contributed by atoms with Gasteiger partial charge in [0.2, 0.25) is 0 Å². The van der Waals surface area contributed by atoms with Gasteiger partial charge >= 0.3 is 0 Å². The van der Waals surface area contributed by atoms with Crippen LogP contribution in [0.5, 0.6) is 0 Å².